The summed E-state index contributed by atoms with van der Waals surface area (Å²) in [5.74, 6) is -3.22. The average molecular weight is 512 g/mol. The van der Waals surface area contributed by atoms with Gasteiger partial charge in [0.05, 0.1) is 19.6 Å². The molecule has 1 heterocycles. The van der Waals surface area contributed by atoms with Crippen LogP contribution < -0.4 is 4.72 Å². The minimum absolute atomic E-state index is 0.159. The largest absolute Gasteiger partial charge is 0.480 e. The maximum atomic E-state index is 11.7. The van der Waals surface area contributed by atoms with Gasteiger partial charge in [0.25, 0.3) is 5.91 Å². The van der Waals surface area contributed by atoms with Crippen molar-refractivity contribution in [3.63, 3.8) is 0 Å². The number of amides is 1. The van der Waals surface area contributed by atoms with Gasteiger partial charge in [-0.15, -0.1) is 0 Å². The fraction of sp³-hybridized carbons (Fsp3) is 0.545. The van der Waals surface area contributed by atoms with Crippen LogP contribution in [0.3, 0.4) is 0 Å². The number of benzene rings is 1. The Kier molecular flexibility index (Phi) is 11.9. The lowest BCUT2D eigenvalue weighted by Crippen LogP contribution is -2.48. The molecule has 1 aromatic rings. The summed E-state index contributed by atoms with van der Waals surface area (Å²) in [7, 11) is 0. The van der Waals surface area contributed by atoms with Gasteiger partial charge >= 0.3 is 17.9 Å². The second-order valence-electron chi connectivity index (χ2n) is 8.42. The number of aliphatic carboxylic acids is 3. The number of rotatable bonds is 9. The van der Waals surface area contributed by atoms with E-state index in [0.717, 1.165) is 5.56 Å². The predicted octanol–water partition coefficient (Wildman–Crippen LogP) is -0.763. The van der Waals surface area contributed by atoms with Crippen LogP contribution in [0.2, 0.25) is 0 Å². The molecule has 1 amide bonds. The molecule has 35 heavy (non-hydrogen) atoms. The molecule has 1 fully saturated rings. The molecule has 1 aromatic carbocycles. The predicted molar refractivity (Wildman–Crippen MR) is 130 cm³/mol. The normalized spacial score (nSPS) is 17.7. The summed E-state index contributed by atoms with van der Waals surface area (Å²) in [5.41, 5.74) is 1.43. The van der Waals surface area contributed by atoms with Gasteiger partial charge in [-0.1, -0.05) is 24.9 Å². The Morgan fingerprint density at radius 2 is 1.00 bits per heavy atom. The fourth-order valence-electron chi connectivity index (χ4n) is 3.87. The van der Waals surface area contributed by atoms with E-state index in [0.29, 0.717) is 64.5 Å². The topological polar surface area (TPSA) is 154 Å². The van der Waals surface area contributed by atoms with E-state index in [1.165, 1.54) is 0 Å². The quantitative estimate of drug-likeness (QED) is 0.266. The molecule has 1 saturated heterocycles. The van der Waals surface area contributed by atoms with Crippen molar-refractivity contribution >= 4 is 36.6 Å². The molecule has 13 heteroatoms. The van der Waals surface area contributed by atoms with E-state index >= 15 is 0 Å². The first-order chi connectivity index (χ1) is 16.7. The molecule has 4 N–H and O–H groups in total. The number of nitrogens with one attached hydrogen (secondary N) is 1. The molecule has 2 rings (SSSR count). The molecule has 0 unspecified atom stereocenters. The first-order valence-electron chi connectivity index (χ1n) is 11.2. The number of hydrogen-bond donors (Lipinski definition) is 5. The van der Waals surface area contributed by atoms with Crippen LogP contribution in [0, 0.1) is 0 Å². The Balaban J connectivity index is 2.17. The van der Waals surface area contributed by atoms with Crippen molar-refractivity contribution in [1.29, 1.82) is 0 Å². The summed E-state index contributed by atoms with van der Waals surface area (Å²) >= 11 is 3.77. The van der Waals surface area contributed by atoms with E-state index < -0.39 is 17.9 Å². The highest BCUT2D eigenvalue weighted by Gasteiger charge is 2.20. The van der Waals surface area contributed by atoms with Gasteiger partial charge in [0.1, 0.15) is 0 Å². The molecule has 1 aliphatic rings. The lowest BCUT2D eigenvalue weighted by Gasteiger charge is -2.33. The number of carbonyl (C=O) groups is 4. The zero-order chi connectivity index (χ0) is 25.8. The summed E-state index contributed by atoms with van der Waals surface area (Å²) in [4.78, 5) is 53.1. The first kappa shape index (κ1) is 28.5. The number of carboxylic acid groups (broad SMARTS) is 3. The Morgan fingerprint density at radius 3 is 1.31 bits per heavy atom. The van der Waals surface area contributed by atoms with Crippen LogP contribution in [-0.2, 0) is 20.9 Å². The van der Waals surface area contributed by atoms with Crippen LogP contribution in [0.4, 0.5) is 0 Å². The van der Waals surface area contributed by atoms with Crippen LogP contribution in [-0.4, -0.2) is 131 Å². The third kappa shape index (κ3) is 11.0. The van der Waals surface area contributed by atoms with E-state index in [1.807, 2.05) is 12.1 Å². The van der Waals surface area contributed by atoms with E-state index in [9.17, 15) is 34.5 Å². The molecule has 0 spiro atoms. The van der Waals surface area contributed by atoms with Gasteiger partial charge in [-0.3, -0.25) is 43.5 Å². The molecule has 1 aliphatic heterocycles. The van der Waals surface area contributed by atoms with E-state index in [2.05, 4.69) is 22.4 Å². The maximum absolute atomic E-state index is 11.7. The summed E-state index contributed by atoms with van der Waals surface area (Å²) < 4.78 is 2.28. The Hall–Kier alpha value is -2.71. The van der Waals surface area contributed by atoms with Crippen LogP contribution in [0.5, 0.6) is 0 Å². The van der Waals surface area contributed by atoms with Gasteiger partial charge < -0.3 is 15.3 Å². The van der Waals surface area contributed by atoms with E-state index in [4.69, 9.17) is 0 Å². The fourth-order valence-corrected chi connectivity index (χ4v) is 4.00. The lowest BCUT2D eigenvalue weighted by molar-refractivity contribution is -0.140. The SMILES string of the molecule is O=C(O)CN1CCN(CC(=O)O)CCN(Cc2ccc(C(=O)NS)cc2)CCN(CC(=O)O)CC1. The second-order valence-corrected chi connectivity index (χ2v) is 8.65. The Labute approximate surface area is 209 Å². The standard InChI is InChI=1S/C22H33N5O7S/c28-19(29)14-25-7-5-24(13-17-1-3-18(4-2-17)22(34)23-35)6-8-26(15-20(30)31)10-12-27(11-9-25)16-21(32)33/h1-4,35H,5-16H2,(H,23,34)(H,28,29)(H,30,31)(H,32,33). The summed E-state index contributed by atoms with van der Waals surface area (Å²) in [6, 6.07) is 7.06. The molecule has 0 atom stereocenters. The number of hydrogen-bond acceptors (Lipinski definition) is 9. The van der Waals surface area contributed by atoms with Gasteiger partial charge in [0.2, 0.25) is 0 Å². The van der Waals surface area contributed by atoms with Crippen molar-refractivity contribution in [3.05, 3.63) is 35.4 Å². The van der Waals surface area contributed by atoms with Crippen molar-refractivity contribution in [3.8, 4) is 0 Å². The highest BCUT2D eigenvalue weighted by Crippen LogP contribution is 2.10. The van der Waals surface area contributed by atoms with Gasteiger partial charge in [-0.2, -0.15) is 0 Å². The molecule has 194 valence electrons. The van der Waals surface area contributed by atoms with Crippen molar-refractivity contribution in [2.45, 2.75) is 6.54 Å². The minimum Gasteiger partial charge on any atom is -0.480 e. The molecule has 0 radical (unpaired) electrons. The van der Waals surface area contributed by atoms with E-state index in [1.54, 1.807) is 26.8 Å². The molecule has 0 aliphatic carbocycles. The molecule has 0 aromatic heterocycles. The van der Waals surface area contributed by atoms with Gasteiger partial charge in [-0.05, 0) is 17.7 Å². The Bertz CT molecular complexity index is 838. The highest BCUT2D eigenvalue weighted by molar-refractivity contribution is 7.78. The maximum Gasteiger partial charge on any atom is 0.317 e. The number of carbonyl (C=O) groups excluding carboxylic acids is 1. The van der Waals surface area contributed by atoms with Crippen LogP contribution >= 0.6 is 12.8 Å². The molecule has 0 saturated carbocycles. The smallest absolute Gasteiger partial charge is 0.317 e. The average Bonchev–Trinajstić information content (AvgIpc) is 2.79. The van der Waals surface area contributed by atoms with Gasteiger partial charge in [0.15, 0.2) is 0 Å². The zero-order valence-electron chi connectivity index (χ0n) is 19.5. The van der Waals surface area contributed by atoms with Crippen molar-refractivity contribution in [1.82, 2.24) is 24.3 Å². The van der Waals surface area contributed by atoms with Crippen LogP contribution in [0.1, 0.15) is 15.9 Å². The summed E-state index contributed by atoms with van der Waals surface area (Å²) in [6.07, 6.45) is 0. The van der Waals surface area contributed by atoms with E-state index in [-0.39, 0.29) is 25.5 Å². The number of thiol groups is 1. The third-order valence-corrected chi connectivity index (χ3v) is 5.93. The van der Waals surface area contributed by atoms with Gasteiger partial charge in [0, 0.05) is 64.5 Å². The summed E-state index contributed by atoms with van der Waals surface area (Å²) in [5, 5.41) is 27.9. The minimum atomic E-state index is -0.990. The molecular weight excluding hydrogens is 478 g/mol. The second kappa shape index (κ2) is 14.6. The first-order valence-corrected chi connectivity index (χ1v) is 11.7. The summed E-state index contributed by atoms with van der Waals surface area (Å²) in [6.45, 7) is 3.45. The molecule has 0 bridgehead atoms. The van der Waals surface area contributed by atoms with Crippen molar-refractivity contribution < 1.29 is 34.5 Å². The van der Waals surface area contributed by atoms with Crippen LogP contribution in [0.25, 0.3) is 0 Å². The van der Waals surface area contributed by atoms with Crippen molar-refractivity contribution in [2.24, 2.45) is 0 Å². The number of nitrogens with zero attached hydrogens (tertiary/aromatic N) is 4. The Morgan fingerprint density at radius 1 is 0.657 bits per heavy atom. The zero-order valence-corrected chi connectivity index (χ0v) is 20.4. The molecular formula is C22H33N5O7S. The highest BCUT2D eigenvalue weighted by atomic mass is 32.1. The van der Waals surface area contributed by atoms with Gasteiger partial charge in [-0.25, -0.2) is 0 Å². The number of carboxylic acids is 3. The monoisotopic (exact) mass is 511 g/mol. The third-order valence-electron chi connectivity index (χ3n) is 5.73. The lowest BCUT2D eigenvalue weighted by atomic mass is 10.1. The molecule has 12 nitrogen and oxygen atoms in total. The van der Waals surface area contributed by atoms with Crippen molar-refractivity contribution in [2.75, 3.05) is 72.0 Å². The van der Waals surface area contributed by atoms with Crippen LogP contribution in [0.15, 0.2) is 24.3 Å².